The van der Waals surface area contributed by atoms with Crippen molar-refractivity contribution in [3.05, 3.63) is 0 Å². The normalized spacial score (nSPS) is 23.8. The fraction of sp³-hybridized carbons (Fsp3) is 0.917. The van der Waals surface area contributed by atoms with Crippen LogP contribution < -0.4 is 0 Å². The second-order valence-corrected chi connectivity index (χ2v) is 6.13. The second-order valence-electron chi connectivity index (χ2n) is 5.14. The summed E-state index contributed by atoms with van der Waals surface area (Å²) in [5.74, 6) is 0.548. The highest BCUT2D eigenvalue weighted by Gasteiger charge is 2.27. The molecule has 0 bridgehead atoms. The smallest absolute Gasteiger partial charge is 0.236 e. The lowest BCUT2D eigenvalue weighted by atomic mass is 10.1. The van der Waals surface area contributed by atoms with E-state index >= 15 is 0 Å². The standard InChI is InChI=1S/C12H23BrN2O/c1-9(2)11(13)12(16)15(4)8-10-6-5-7-14(10)3/h9-11H,5-8H2,1-4H3. The van der Waals surface area contributed by atoms with Crippen molar-refractivity contribution in [2.45, 2.75) is 37.6 Å². The third-order valence-corrected chi connectivity index (χ3v) is 4.80. The minimum absolute atomic E-state index is 0.0517. The number of likely N-dealkylation sites (N-methyl/N-ethyl adjacent to an activating group) is 2. The molecule has 4 heteroatoms. The molecule has 0 saturated carbocycles. The van der Waals surface area contributed by atoms with E-state index in [1.54, 1.807) is 0 Å². The third-order valence-electron chi connectivity index (χ3n) is 3.35. The third kappa shape index (κ3) is 3.45. The minimum atomic E-state index is -0.0517. The zero-order valence-electron chi connectivity index (χ0n) is 10.7. The van der Waals surface area contributed by atoms with E-state index in [4.69, 9.17) is 0 Å². The lowest BCUT2D eigenvalue weighted by Crippen LogP contribution is -2.43. The quantitative estimate of drug-likeness (QED) is 0.739. The van der Waals surface area contributed by atoms with Crippen molar-refractivity contribution in [1.82, 2.24) is 9.80 Å². The van der Waals surface area contributed by atoms with E-state index < -0.39 is 0 Å². The predicted octanol–water partition coefficient (Wildman–Crippen LogP) is 1.96. The molecule has 0 aliphatic carbocycles. The summed E-state index contributed by atoms with van der Waals surface area (Å²) in [6.45, 7) is 6.14. The van der Waals surface area contributed by atoms with E-state index in [9.17, 15) is 4.79 Å². The van der Waals surface area contributed by atoms with Crippen LogP contribution in [0.1, 0.15) is 26.7 Å². The van der Waals surface area contributed by atoms with Gasteiger partial charge in [0, 0.05) is 19.6 Å². The number of halogens is 1. The molecule has 1 aliphatic heterocycles. The highest BCUT2D eigenvalue weighted by molar-refractivity contribution is 9.10. The van der Waals surface area contributed by atoms with E-state index in [0.717, 1.165) is 13.1 Å². The molecular weight excluding hydrogens is 268 g/mol. The highest BCUT2D eigenvalue weighted by Crippen LogP contribution is 2.18. The average Bonchev–Trinajstić information content (AvgIpc) is 2.62. The number of amides is 1. The molecule has 0 N–H and O–H groups in total. The van der Waals surface area contributed by atoms with Crippen molar-refractivity contribution in [2.75, 3.05) is 27.2 Å². The first-order valence-corrected chi connectivity index (χ1v) is 6.94. The second kappa shape index (κ2) is 6.01. The molecule has 1 heterocycles. The van der Waals surface area contributed by atoms with Crippen LogP contribution in [0, 0.1) is 5.92 Å². The predicted molar refractivity (Wildman–Crippen MR) is 70.8 cm³/mol. The van der Waals surface area contributed by atoms with Gasteiger partial charge in [-0.2, -0.15) is 0 Å². The van der Waals surface area contributed by atoms with Gasteiger partial charge in [-0.15, -0.1) is 0 Å². The van der Waals surface area contributed by atoms with E-state index in [0.29, 0.717) is 12.0 Å². The number of carbonyl (C=O) groups excluding carboxylic acids is 1. The zero-order valence-corrected chi connectivity index (χ0v) is 12.3. The van der Waals surface area contributed by atoms with Gasteiger partial charge in [-0.1, -0.05) is 29.8 Å². The van der Waals surface area contributed by atoms with Gasteiger partial charge in [-0.25, -0.2) is 0 Å². The Hall–Kier alpha value is -0.0900. The number of hydrogen-bond donors (Lipinski definition) is 0. The van der Waals surface area contributed by atoms with Crippen molar-refractivity contribution < 1.29 is 4.79 Å². The van der Waals surface area contributed by atoms with E-state index in [2.05, 4.69) is 41.7 Å². The van der Waals surface area contributed by atoms with Gasteiger partial charge in [-0.3, -0.25) is 4.79 Å². The van der Waals surface area contributed by atoms with Gasteiger partial charge in [0.25, 0.3) is 0 Å². The molecule has 0 aromatic carbocycles. The van der Waals surface area contributed by atoms with E-state index in [1.165, 1.54) is 12.8 Å². The Labute approximate surface area is 107 Å². The fourth-order valence-electron chi connectivity index (χ4n) is 2.11. The van der Waals surface area contributed by atoms with Gasteiger partial charge in [-0.05, 0) is 32.4 Å². The first-order chi connectivity index (χ1) is 7.43. The van der Waals surface area contributed by atoms with Crippen LogP contribution in [0.2, 0.25) is 0 Å². The van der Waals surface area contributed by atoms with Crippen molar-refractivity contribution in [3.63, 3.8) is 0 Å². The van der Waals surface area contributed by atoms with Crippen molar-refractivity contribution >= 4 is 21.8 Å². The molecule has 3 nitrogen and oxygen atoms in total. The van der Waals surface area contributed by atoms with Gasteiger partial charge in [0.15, 0.2) is 0 Å². The Kier molecular flexibility index (Phi) is 5.25. The van der Waals surface area contributed by atoms with Crippen LogP contribution in [-0.4, -0.2) is 53.8 Å². The number of hydrogen-bond acceptors (Lipinski definition) is 2. The fourth-order valence-corrected chi connectivity index (χ4v) is 2.46. The molecule has 0 aromatic heterocycles. The Morgan fingerprint density at radius 3 is 2.62 bits per heavy atom. The molecule has 1 aliphatic rings. The number of alkyl halides is 1. The maximum absolute atomic E-state index is 12.0. The summed E-state index contributed by atoms with van der Waals surface area (Å²) in [5.41, 5.74) is 0. The summed E-state index contributed by atoms with van der Waals surface area (Å²) in [6.07, 6.45) is 2.47. The van der Waals surface area contributed by atoms with Crippen LogP contribution in [0.5, 0.6) is 0 Å². The molecule has 0 spiro atoms. The number of rotatable bonds is 4. The maximum Gasteiger partial charge on any atom is 0.236 e. The Balaban J connectivity index is 2.45. The summed E-state index contributed by atoms with van der Waals surface area (Å²) < 4.78 is 0. The molecule has 1 amide bonds. The van der Waals surface area contributed by atoms with Crippen LogP contribution in [0.25, 0.3) is 0 Å². The monoisotopic (exact) mass is 290 g/mol. The Morgan fingerprint density at radius 2 is 2.19 bits per heavy atom. The molecule has 1 fully saturated rings. The topological polar surface area (TPSA) is 23.6 Å². The number of likely N-dealkylation sites (tertiary alicyclic amines) is 1. The van der Waals surface area contributed by atoms with Crippen LogP contribution in [0.15, 0.2) is 0 Å². The Morgan fingerprint density at radius 1 is 1.56 bits per heavy atom. The molecule has 16 heavy (non-hydrogen) atoms. The molecular formula is C12H23BrN2O. The molecule has 1 rings (SSSR count). The van der Waals surface area contributed by atoms with E-state index in [-0.39, 0.29) is 10.7 Å². The largest absolute Gasteiger partial charge is 0.343 e. The summed E-state index contributed by atoms with van der Waals surface area (Å²) in [5, 5.41) is 0. The highest BCUT2D eigenvalue weighted by atomic mass is 79.9. The molecule has 2 unspecified atom stereocenters. The van der Waals surface area contributed by atoms with Crippen molar-refractivity contribution in [1.29, 1.82) is 0 Å². The molecule has 2 atom stereocenters. The van der Waals surface area contributed by atoms with Crippen LogP contribution >= 0.6 is 15.9 Å². The van der Waals surface area contributed by atoms with Crippen LogP contribution in [0.3, 0.4) is 0 Å². The summed E-state index contributed by atoms with van der Waals surface area (Å²) in [4.78, 5) is 16.2. The molecule has 1 saturated heterocycles. The molecule has 94 valence electrons. The summed E-state index contributed by atoms with van der Waals surface area (Å²) in [6, 6.07) is 0.542. The van der Waals surface area contributed by atoms with Crippen LogP contribution in [0.4, 0.5) is 0 Å². The summed E-state index contributed by atoms with van der Waals surface area (Å²) >= 11 is 3.47. The minimum Gasteiger partial charge on any atom is -0.343 e. The first-order valence-electron chi connectivity index (χ1n) is 6.02. The lowest BCUT2D eigenvalue weighted by molar-refractivity contribution is -0.130. The van der Waals surface area contributed by atoms with E-state index in [1.807, 2.05) is 11.9 Å². The lowest BCUT2D eigenvalue weighted by Gasteiger charge is -2.28. The van der Waals surface area contributed by atoms with Crippen LogP contribution in [-0.2, 0) is 4.79 Å². The first kappa shape index (κ1) is 14.0. The molecule has 0 aromatic rings. The zero-order chi connectivity index (χ0) is 12.3. The van der Waals surface area contributed by atoms with Crippen molar-refractivity contribution in [3.8, 4) is 0 Å². The maximum atomic E-state index is 12.0. The summed E-state index contributed by atoms with van der Waals surface area (Å²) in [7, 11) is 4.05. The molecule has 0 radical (unpaired) electrons. The SMILES string of the molecule is CC(C)C(Br)C(=O)N(C)CC1CCCN1C. The van der Waals surface area contributed by atoms with Gasteiger partial charge < -0.3 is 9.80 Å². The average molecular weight is 291 g/mol. The van der Waals surface area contributed by atoms with Crippen molar-refractivity contribution in [2.24, 2.45) is 5.92 Å². The Bertz CT molecular complexity index is 245. The number of nitrogens with zero attached hydrogens (tertiary/aromatic N) is 2. The van der Waals surface area contributed by atoms with Gasteiger partial charge >= 0.3 is 0 Å². The van der Waals surface area contributed by atoms with Gasteiger partial charge in [0.2, 0.25) is 5.91 Å². The van der Waals surface area contributed by atoms with Gasteiger partial charge in [0.1, 0.15) is 0 Å². The number of carbonyl (C=O) groups is 1. The van der Waals surface area contributed by atoms with Gasteiger partial charge in [0.05, 0.1) is 4.83 Å².